The summed E-state index contributed by atoms with van der Waals surface area (Å²) in [5.74, 6) is 0.633. The lowest BCUT2D eigenvalue weighted by molar-refractivity contribution is -0.141. The lowest BCUT2D eigenvalue weighted by atomic mass is 10.3. The number of aromatic nitrogens is 2. The van der Waals surface area contributed by atoms with Gasteiger partial charge in [0, 0.05) is 0 Å². The Labute approximate surface area is 97.8 Å². The highest BCUT2D eigenvalue weighted by Gasteiger charge is 2.12. The Balaban J connectivity index is 2.51. The minimum Gasteiger partial charge on any atom is -0.468 e. The van der Waals surface area contributed by atoms with Gasteiger partial charge in [-0.1, -0.05) is 12.1 Å². The molecule has 1 aromatic carbocycles. The highest BCUT2D eigenvalue weighted by atomic mass is 35.5. The molecule has 0 spiro atoms. The van der Waals surface area contributed by atoms with Crippen LogP contribution in [0.15, 0.2) is 24.3 Å². The van der Waals surface area contributed by atoms with E-state index in [1.54, 1.807) is 4.57 Å². The minimum atomic E-state index is -0.311. The fourth-order valence-corrected chi connectivity index (χ4v) is 1.80. The smallest absolute Gasteiger partial charge is 0.325 e. The molecule has 0 unspecified atom stereocenters. The summed E-state index contributed by atoms with van der Waals surface area (Å²) in [5, 5.41) is 0. The molecule has 0 radical (unpaired) electrons. The molecule has 1 heterocycles. The van der Waals surface area contributed by atoms with Crippen molar-refractivity contribution in [3.05, 3.63) is 30.1 Å². The summed E-state index contributed by atoms with van der Waals surface area (Å²) >= 11 is 5.79. The molecular weight excluding hydrogens is 228 g/mol. The highest BCUT2D eigenvalue weighted by molar-refractivity contribution is 6.16. The van der Waals surface area contributed by atoms with Crippen molar-refractivity contribution >= 4 is 28.6 Å². The Hall–Kier alpha value is -1.55. The first-order valence-electron chi connectivity index (χ1n) is 4.83. The number of rotatable bonds is 3. The molecule has 0 bridgehead atoms. The van der Waals surface area contributed by atoms with Gasteiger partial charge in [0.05, 0.1) is 24.0 Å². The number of benzene rings is 1. The van der Waals surface area contributed by atoms with Gasteiger partial charge in [-0.3, -0.25) is 4.79 Å². The number of esters is 1. The number of carbonyl (C=O) groups is 1. The lowest BCUT2D eigenvalue weighted by Gasteiger charge is -2.05. The summed E-state index contributed by atoms with van der Waals surface area (Å²) < 4.78 is 6.41. The van der Waals surface area contributed by atoms with Gasteiger partial charge in [0.2, 0.25) is 0 Å². The Bertz CT molecular complexity index is 522. The van der Waals surface area contributed by atoms with Crippen LogP contribution in [0, 0.1) is 0 Å². The van der Waals surface area contributed by atoms with Gasteiger partial charge < -0.3 is 9.30 Å². The number of para-hydroxylation sites is 2. The molecule has 0 aliphatic rings. The van der Waals surface area contributed by atoms with E-state index < -0.39 is 0 Å². The number of ether oxygens (including phenoxy) is 1. The Morgan fingerprint density at radius 1 is 1.50 bits per heavy atom. The topological polar surface area (TPSA) is 44.1 Å². The van der Waals surface area contributed by atoms with Crippen LogP contribution < -0.4 is 0 Å². The number of imidazole rings is 1. The summed E-state index contributed by atoms with van der Waals surface area (Å²) in [4.78, 5) is 15.6. The van der Waals surface area contributed by atoms with Crippen molar-refractivity contribution in [2.45, 2.75) is 12.4 Å². The van der Waals surface area contributed by atoms with Crippen molar-refractivity contribution in [3.63, 3.8) is 0 Å². The maximum absolute atomic E-state index is 11.3. The average molecular weight is 239 g/mol. The van der Waals surface area contributed by atoms with Gasteiger partial charge in [-0.2, -0.15) is 0 Å². The fourth-order valence-electron chi connectivity index (χ4n) is 1.60. The van der Waals surface area contributed by atoms with Crippen LogP contribution in [0.3, 0.4) is 0 Å². The van der Waals surface area contributed by atoms with Gasteiger partial charge in [0.25, 0.3) is 0 Å². The summed E-state index contributed by atoms with van der Waals surface area (Å²) in [5.41, 5.74) is 1.73. The largest absolute Gasteiger partial charge is 0.468 e. The third-order valence-corrected chi connectivity index (χ3v) is 2.61. The third kappa shape index (κ3) is 1.88. The zero-order chi connectivity index (χ0) is 11.5. The molecule has 0 fully saturated rings. The van der Waals surface area contributed by atoms with Gasteiger partial charge in [-0.15, -0.1) is 11.6 Å². The monoisotopic (exact) mass is 238 g/mol. The van der Waals surface area contributed by atoms with E-state index in [0.29, 0.717) is 5.82 Å². The molecule has 0 aliphatic heterocycles. The third-order valence-electron chi connectivity index (χ3n) is 2.37. The SMILES string of the molecule is COC(=O)Cn1c(CCl)nc2ccccc21. The second-order valence-electron chi connectivity index (χ2n) is 3.31. The molecule has 16 heavy (non-hydrogen) atoms. The van der Waals surface area contributed by atoms with E-state index in [-0.39, 0.29) is 18.4 Å². The van der Waals surface area contributed by atoms with Crippen LogP contribution in [0.4, 0.5) is 0 Å². The van der Waals surface area contributed by atoms with E-state index >= 15 is 0 Å². The fraction of sp³-hybridized carbons (Fsp3) is 0.273. The Kier molecular flexibility index (Phi) is 3.10. The molecule has 2 rings (SSSR count). The summed E-state index contributed by atoms with van der Waals surface area (Å²) in [6.07, 6.45) is 0. The lowest BCUT2D eigenvalue weighted by Crippen LogP contribution is -2.13. The van der Waals surface area contributed by atoms with Crippen LogP contribution in [-0.2, 0) is 22.0 Å². The normalized spacial score (nSPS) is 10.6. The molecule has 0 saturated heterocycles. The van der Waals surface area contributed by atoms with Gasteiger partial charge in [-0.05, 0) is 12.1 Å². The molecule has 4 nitrogen and oxygen atoms in total. The van der Waals surface area contributed by atoms with E-state index in [4.69, 9.17) is 11.6 Å². The van der Waals surface area contributed by atoms with Crippen LogP contribution in [-0.4, -0.2) is 22.6 Å². The standard InChI is InChI=1S/C11H11ClN2O2/c1-16-11(15)7-14-9-5-3-2-4-8(9)13-10(14)6-12/h2-5H,6-7H2,1H3. The number of carbonyl (C=O) groups excluding carboxylic acids is 1. The summed E-state index contributed by atoms with van der Waals surface area (Å²) in [6, 6.07) is 7.59. The van der Waals surface area contributed by atoms with E-state index in [2.05, 4.69) is 9.72 Å². The number of hydrogen-bond donors (Lipinski definition) is 0. The molecule has 0 aliphatic carbocycles. The molecule has 1 aromatic heterocycles. The number of halogens is 1. The number of nitrogens with zero attached hydrogens (tertiary/aromatic N) is 2. The Morgan fingerprint density at radius 3 is 2.94 bits per heavy atom. The van der Waals surface area contributed by atoms with Crippen molar-refractivity contribution < 1.29 is 9.53 Å². The van der Waals surface area contributed by atoms with E-state index in [1.807, 2.05) is 24.3 Å². The van der Waals surface area contributed by atoms with Gasteiger partial charge in [0.15, 0.2) is 0 Å². The van der Waals surface area contributed by atoms with Crippen molar-refractivity contribution in [3.8, 4) is 0 Å². The molecular formula is C11H11ClN2O2. The van der Waals surface area contributed by atoms with Crippen LogP contribution in [0.25, 0.3) is 11.0 Å². The predicted molar refractivity (Wildman–Crippen MR) is 61.3 cm³/mol. The molecule has 0 N–H and O–H groups in total. The molecule has 0 saturated carbocycles. The second kappa shape index (κ2) is 4.53. The van der Waals surface area contributed by atoms with Crippen molar-refractivity contribution in [1.82, 2.24) is 9.55 Å². The predicted octanol–water partition coefficient (Wildman–Crippen LogP) is 1.95. The number of hydrogen-bond acceptors (Lipinski definition) is 3. The Morgan fingerprint density at radius 2 is 2.25 bits per heavy atom. The molecule has 5 heteroatoms. The van der Waals surface area contributed by atoms with E-state index in [0.717, 1.165) is 11.0 Å². The average Bonchev–Trinajstić information content (AvgIpc) is 2.67. The van der Waals surface area contributed by atoms with Crippen molar-refractivity contribution in [2.24, 2.45) is 0 Å². The highest BCUT2D eigenvalue weighted by Crippen LogP contribution is 2.17. The molecule has 0 atom stereocenters. The van der Waals surface area contributed by atoms with Gasteiger partial charge in [0.1, 0.15) is 12.4 Å². The number of fused-ring (bicyclic) bond motifs is 1. The molecule has 0 amide bonds. The first-order valence-corrected chi connectivity index (χ1v) is 5.36. The molecule has 2 aromatic rings. The van der Waals surface area contributed by atoms with Crippen LogP contribution in [0.1, 0.15) is 5.82 Å². The minimum absolute atomic E-state index is 0.138. The van der Waals surface area contributed by atoms with Gasteiger partial charge in [-0.25, -0.2) is 4.98 Å². The number of methoxy groups -OCH3 is 1. The summed E-state index contributed by atoms with van der Waals surface area (Å²) in [7, 11) is 1.36. The zero-order valence-corrected chi connectivity index (χ0v) is 9.57. The van der Waals surface area contributed by atoms with Crippen LogP contribution >= 0.6 is 11.6 Å². The number of alkyl halides is 1. The summed E-state index contributed by atoms with van der Waals surface area (Å²) in [6.45, 7) is 0.138. The maximum atomic E-state index is 11.3. The van der Waals surface area contributed by atoms with Gasteiger partial charge >= 0.3 is 5.97 Å². The van der Waals surface area contributed by atoms with Crippen molar-refractivity contribution in [2.75, 3.05) is 7.11 Å². The first kappa shape index (κ1) is 11.0. The van der Waals surface area contributed by atoms with Crippen LogP contribution in [0.5, 0.6) is 0 Å². The first-order chi connectivity index (χ1) is 7.76. The van der Waals surface area contributed by atoms with E-state index in [1.165, 1.54) is 7.11 Å². The molecule has 84 valence electrons. The quantitative estimate of drug-likeness (QED) is 0.606. The van der Waals surface area contributed by atoms with E-state index in [9.17, 15) is 4.79 Å². The van der Waals surface area contributed by atoms with Crippen LogP contribution in [0.2, 0.25) is 0 Å². The van der Waals surface area contributed by atoms with Crippen molar-refractivity contribution in [1.29, 1.82) is 0 Å². The maximum Gasteiger partial charge on any atom is 0.325 e. The second-order valence-corrected chi connectivity index (χ2v) is 3.58. The zero-order valence-electron chi connectivity index (χ0n) is 8.81.